The number of nitrogens with zero attached hydrogens (tertiary/aromatic N) is 2. The van der Waals surface area contributed by atoms with Crippen molar-refractivity contribution in [1.82, 2.24) is 15.5 Å². The molecule has 1 aromatic carbocycles. The van der Waals surface area contributed by atoms with Crippen LogP contribution >= 0.6 is 23.2 Å². The normalized spacial score (nSPS) is 22.9. The molecule has 2 unspecified atom stereocenters. The van der Waals surface area contributed by atoms with Crippen LogP contribution in [0.15, 0.2) is 22.7 Å². The molecule has 1 aromatic heterocycles. The molecule has 0 saturated carbocycles. The van der Waals surface area contributed by atoms with Crippen LogP contribution < -0.4 is 5.32 Å². The molecule has 0 bridgehead atoms. The number of hydrogen-bond donors (Lipinski definition) is 1. The lowest BCUT2D eigenvalue weighted by atomic mass is 9.93. The monoisotopic (exact) mass is 311 g/mol. The summed E-state index contributed by atoms with van der Waals surface area (Å²) in [5.74, 6) is 1.60. The lowest BCUT2D eigenvalue weighted by Gasteiger charge is -2.25. The minimum absolute atomic E-state index is 0.329. The smallest absolute Gasteiger partial charge is 0.230 e. The number of hydrogen-bond acceptors (Lipinski definition) is 4. The van der Waals surface area contributed by atoms with Gasteiger partial charge in [0, 0.05) is 17.5 Å². The summed E-state index contributed by atoms with van der Waals surface area (Å²) in [6.45, 7) is 3.15. The Hall–Kier alpha value is -1.10. The molecule has 4 nitrogen and oxygen atoms in total. The number of halogens is 2. The van der Waals surface area contributed by atoms with Gasteiger partial charge >= 0.3 is 0 Å². The average molecular weight is 312 g/mol. The molecular weight excluding hydrogens is 297 g/mol. The highest BCUT2D eigenvalue weighted by atomic mass is 35.5. The van der Waals surface area contributed by atoms with E-state index in [1.807, 2.05) is 6.07 Å². The van der Waals surface area contributed by atoms with Crippen LogP contribution in [0.5, 0.6) is 0 Å². The zero-order valence-corrected chi connectivity index (χ0v) is 12.6. The van der Waals surface area contributed by atoms with Crippen LogP contribution in [-0.2, 0) is 0 Å². The van der Waals surface area contributed by atoms with E-state index < -0.39 is 0 Å². The molecule has 1 saturated heterocycles. The first-order valence-electron chi connectivity index (χ1n) is 6.66. The van der Waals surface area contributed by atoms with Gasteiger partial charge in [-0.2, -0.15) is 4.98 Å². The molecule has 6 heteroatoms. The second-order valence-electron chi connectivity index (χ2n) is 5.16. The summed E-state index contributed by atoms with van der Waals surface area (Å²) < 4.78 is 5.41. The van der Waals surface area contributed by atoms with E-state index in [9.17, 15) is 0 Å². The van der Waals surface area contributed by atoms with E-state index in [0.717, 1.165) is 24.9 Å². The van der Waals surface area contributed by atoms with Gasteiger partial charge in [0.1, 0.15) is 0 Å². The van der Waals surface area contributed by atoms with Crippen molar-refractivity contribution < 1.29 is 4.52 Å². The van der Waals surface area contributed by atoms with Crippen molar-refractivity contribution in [3.8, 4) is 11.4 Å². The van der Waals surface area contributed by atoms with Crippen LogP contribution in [0.25, 0.3) is 11.4 Å². The molecule has 3 rings (SSSR count). The SMILES string of the molecule is CC1CC(c2nc(-c3ccc(Cl)c(Cl)c3)no2)CCN1. The summed E-state index contributed by atoms with van der Waals surface area (Å²) in [5, 5.41) is 8.47. The maximum absolute atomic E-state index is 6.01. The van der Waals surface area contributed by atoms with E-state index in [-0.39, 0.29) is 0 Å². The molecule has 0 radical (unpaired) electrons. The third kappa shape index (κ3) is 2.82. The third-order valence-electron chi connectivity index (χ3n) is 3.59. The zero-order valence-electron chi connectivity index (χ0n) is 11.1. The second kappa shape index (κ2) is 5.72. The van der Waals surface area contributed by atoms with Crippen molar-refractivity contribution in [2.24, 2.45) is 0 Å². The first-order valence-corrected chi connectivity index (χ1v) is 7.41. The van der Waals surface area contributed by atoms with Gasteiger partial charge in [-0.05, 0) is 44.5 Å². The highest BCUT2D eigenvalue weighted by molar-refractivity contribution is 6.42. The Morgan fingerprint density at radius 1 is 1.30 bits per heavy atom. The number of rotatable bonds is 2. The van der Waals surface area contributed by atoms with E-state index in [1.54, 1.807) is 12.1 Å². The van der Waals surface area contributed by atoms with Crippen LogP contribution in [0.1, 0.15) is 31.6 Å². The molecule has 0 amide bonds. The molecular formula is C14H15Cl2N3O. The number of aromatic nitrogens is 2. The Balaban J connectivity index is 1.84. The molecule has 2 atom stereocenters. The summed E-state index contributed by atoms with van der Waals surface area (Å²) in [5.41, 5.74) is 0.816. The maximum atomic E-state index is 6.01. The third-order valence-corrected chi connectivity index (χ3v) is 4.33. The average Bonchev–Trinajstić information content (AvgIpc) is 2.92. The van der Waals surface area contributed by atoms with Gasteiger partial charge in [-0.3, -0.25) is 0 Å². The zero-order chi connectivity index (χ0) is 14.1. The summed E-state index contributed by atoms with van der Waals surface area (Å²) in [6.07, 6.45) is 2.04. The predicted octanol–water partition coefficient (Wildman–Crippen LogP) is 3.90. The van der Waals surface area contributed by atoms with E-state index in [2.05, 4.69) is 22.4 Å². The number of benzene rings is 1. The quantitative estimate of drug-likeness (QED) is 0.914. The van der Waals surface area contributed by atoms with Crippen LogP contribution in [0.2, 0.25) is 10.0 Å². The van der Waals surface area contributed by atoms with Gasteiger partial charge in [-0.15, -0.1) is 0 Å². The fourth-order valence-corrected chi connectivity index (χ4v) is 2.81. The van der Waals surface area contributed by atoms with Gasteiger partial charge in [0.15, 0.2) is 0 Å². The fraction of sp³-hybridized carbons (Fsp3) is 0.429. The largest absolute Gasteiger partial charge is 0.339 e. The van der Waals surface area contributed by atoms with Crippen LogP contribution in [0.3, 0.4) is 0 Å². The molecule has 1 aliphatic heterocycles. The number of piperidine rings is 1. The summed E-state index contributed by atoms with van der Waals surface area (Å²) in [4.78, 5) is 4.50. The van der Waals surface area contributed by atoms with E-state index in [4.69, 9.17) is 27.7 Å². The van der Waals surface area contributed by atoms with Gasteiger partial charge in [0.2, 0.25) is 11.7 Å². The van der Waals surface area contributed by atoms with Crippen molar-refractivity contribution in [1.29, 1.82) is 0 Å². The molecule has 2 heterocycles. The Kier molecular flexibility index (Phi) is 3.96. The topological polar surface area (TPSA) is 51.0 Å². The molecule has 1 fully saturated rings. The van der Waals surface area contributed by atoms with Crippen molar-refractivity contribution in [2.45, 2.75) is 31.7 Å². The molecule has 20 heavy (non-hydrogen) atoms. The predicted molar refractivity (Wildman–Crippen MR) is 79.2 cm³/mol. The summed E-state index contributed by atoms with van der Waals surface area (Å²) in [6, 6.07) is 5.81. The van der Waals surface area contributed by atoms with Gasteiger partial charge in [0.05, 0.1) is 10.0 Å². The first kappa shape index (κ1) is 13.9. The Bertz CT molecular complexity index is 614. The first-order chi connectivity index (χ1) is 9.63. The molecule has 1 N–H and O–H groups in total. The highest BCUT2D eigenvalue weighted by Crippen LogP contribution is 2.30. The van der Waals surface area contributed by atoms with E-state index in [1.165, 1.54) is 0 Å². The molecule has 106 valence electrons. The Labute approximate surface area is 127 Å². The second-order valence-corrected chi connectivity index (χ2v) is 5.98. The van der Waals surface area contributed by atoms with Crippen LogP contribution in [0, 0.1) is 0 Å². The summed E-state index contributed by atoms with van der Waals surface area (Å²) >= 11 is 11.9. The standard InChI is InChI=1S/C14H15Cl2N3O/c1-8-6-10(4-5-17-8)14-18-13(19-20-14)9-2-3-11(15)12(16)7-9/h2-3,7-8,10,17H,4-6H2,1H3. The highest BCUT2D eigenvalue weighted by Gasteiger charge is 2.25. The van der Waals surface area contributed by atoms with E-state index >= 15 is 0 Å². The molecule has 0 spiro atoms. The maximum Gasteiger partial charge on any atom is 0.230 e. The molecule has 2 aromatic rings. The van der Waals surface area contributed by atoms with Crippen LogP contribution in [-0.4, -0.2) is 22.7 Å². The minimum atomic E-state index is 0.329. The minimum Gasteiger partial charge on any atom is -0.339 e. The molecule has 1 aliphatic rings. The lowest BCUT2D eigenvalue weighted by Crippen LogP contribution is -2.34. The number of nitrogens with one attached hydrogen (secondary N) is 1. The van der Waals surface area contributed by atoms with Crippen molar-refractivity contribution >= 4 is 23.2 Å². The Morgan fingerprint density at radius 2 is 2.15 bits per heavy atom. The van der Waals surface area contributed by atoms with Gasteiger partial charge in [0.25, 0.3) is 0 Å². The van der Waals surface area contributed by atoms with Gasteiger partial charge in [-0.1, -0.05) is 28.4 Å². The van der Waals surface area contributed by atoms with E-state index in [0.29, 0.717) is 33.7 Å². The van der Waals surface area contributed by atoms with Crippen LogP contribution in [0.4, 0.5) is 0 Å². The fourth-order valence-electron chi connectivity index (χ4n) is 2.51. The Morgan fingerprint density at radius 3 is 2.90 bits per heavy atom. The van der Waals surface area contributed by atoms with Crippen molar-refractivity contribution in [3.63, 3.8) is 0 Å². The van der Waals surface area contributed by atoms with Gasteiger partial charge in [-0.25, -0.2) is 0 Å². The van der Waals surface area contributed by atoms with Gasteiger partial charge < -0.3 is 9.84 Å². The van der Waals surface area contributed by atoms with Crippen molar-refractivity contribution in [2.75, 3.05) is 6.54 Å². The molecule has 0 aliphatic carbocycles. The summed E-state index contributed by atoms with van der Waals surface area (Å²) in [7, 11) is 0. The lowest BCUT2D eigenvalue weighted by molar-refractivity contribution is 0.295. The van der Waals surface area contributed by atoms with Crippen molar-refractivity contribution in [3.05, 3.63) is 34.1 Å².